The number of hydroxylamine groups is 1. The number of amides is 1. The van der Waals surface area contributed by atoms with Crippen LogP contribution in [-0.2, 0) is 16.3 Å². The molecule has 2 aromatic rings. The molecule has 0 saturated carbocycles. The zero-order chi connectivity index (χ0) is 20.1. The van der Waals surface area contributed by atoms with Crippen molar-refractivity contribution in [2.24, 2.45) is 0 Å². The summed E-state index contributed by atoms with van der Waals surface area (Å²) >= 11 is 6.20. The molecule has 0 radical (unpaired) electrons. The third-order valence-electron chi connectivity index (χ3n) is 5.18. The van der Waals surface area contributed by atoms with E-state index in [1.165, 1.54) is 29.7 Å². The molecule has 0 atom stereocenters. The fraction of sp³-hybridized carbons (Fsp3) is 0.350. The van der Waals surface area contributed by atoms with Gasteiger partial charge in [0.15, 0.2) is 9.84 Å². The van der Waals surface area contributed by atoms with Crippen molar-refractivity contribution in [2.45, 2.75) is 29.4 Å². The van der Waals surface area contributed by atoms with Crippen molar-refractivity contribution in [3.63, 3.8) is 0 Å². The second-order valence-electron chi connectivity index (χ2n) is 6.89. The Morgan fingerprint density at radius 1 is 1.11 bits per heavy atom. The Kier molecular flexibility index (Phi) is 6.72. The van der Waals surface area contributed by atoms with Gasteiger partial charge in [-0.05, 0) is 68.2 Å². The highest BCUT2D eigenvalue weighted by Crippen LogP contribution is 2.25. The van der Waals surface area contributed by atoms with Crippen molar-refractivity contribution in [2.75, 3.05) is 19.6 Å². The highest BCUT2D eigenvalue weighted by molar-refractivity contribution is 7.92. The number of piperidine rings is 1. The summed E-state index contributed by atoms with van der Waals surface area (Å²) in [5.74, 6) is -0.671. The second kappa shape index (κ2) is 9.05. The van der Waals surface area contributed by atoms with Crippen LogP contribution in [0.1, 0.15) is 28.8 Å². The Balaban J connectivity index is 1.57. The Bertz CT molecular complexity index is 923. The van der Waals surface area contributed by atoms with E-state index < -0.39 is 21.0 Å². The number of sulfone groups is 1. The SMILES string of the molecule is O=C(NO)c1ccc(S(=O)(=O)C2CCN(CCc3ccccc3Cl)CC2)cc1. The molecular formula is C20H23ClN2O4S. The van der Waals surface area contributed by atoms with Gasteiger partial charge in [-0.15, -0.1) is 0 Å². The maximum absolute atomic E-state index is 12.9. The summed E-state index contributed by atoms with van der Waals surface area (Å²) in [6.07, 6.45) is 1.99. The number of carbonyl (C=O) groups excluding carboxylic acids is 1. The van der Waals surface area contributed by atoms with E-state index in [1.807, 2.05) is 24.3 Å². The fourth-order valence-electron chi connectivity index (χ4n) is 3.48. The molecule has 1 fully saturated rings. The van der Waals surface area contributed by atoms with Gasteiger partial charge in [0.25, 0.3) is 5.91 Å². The van der Waals surface area contributed by atoms with Crippen molar-refractivity contribution in [1.82, 2.24) is 10.4 Å². The van der Waals surface area contributed by atoms with E-state index in [9.17, 15) is 13.2 Å². The lowest BCUT2D eigenvalue weighted by molar-refractivity contribution is 0.0706. The van der Waals surface area contributed by atoms with Crippen molar-refractivity contribution in [1.29, 1.82) is 0 Å². The van der Waals surface area contributed by atoms with E-state index in [1.54, 1.807) is 0 Å². The third kappa shape index (κ3) is 4.72. The molecule has 0 aliphatic carbocycles. The van der Waals surface area contributed by atoms with E-state index in [-0.39, 0.29) is 10.5 Å². The molecule has 1 aliphatic rings. The molecule has 28 heavy (non-hydrogen) atoms. The normalized spacial score (nSPS) is 16.1. The van der Waals surface area contributed by atoms with E-state index in [2.05, 4.69) is 4.90 Å². The summed E-state index contributed by atoms with van der Waals surface area (Å²) in [5.41, 5.74) is 2.84. The number of carbonyl (C=O) groups is 1. The lowest BCUT2D eigenvalue weighted by Crippen LogP contribution is -2.40. The monoisotopic (exact) mass is 422 g/mol. The van der Waals surface area contributed by atoms with Crippen LogP contribution >= 0.6 is 11.6 Å². The molecule has 2 aromatic carbocycles. The molecule has 0 aromatic heterocycles. The minimum Gasteiger partial charge on any atom is -0.303 e. The van der Waals surface area contributed by atoms with E-state index in [4.69, 9.17) is 16.8 Å². The van der Waals surface area contributed by atoms with Gasteiger partial charge < -0.3 is 4.90 Å². The number of nitrogens with zero attached hydrogens (tertiary/aromatic N) is 1. The van der Waals surface area contributed by atoms with Crippen LogP contribution in [0.3, 0.4) is 0 Å². The maximum Gasteiger partial charge on any atom is 0.274 e. The highest BCUT2D eigenvalue weighted by Gasteiger charge is 2.31. The lowest BCUT2D eigenvalue weighted by atomic mass is 10.1. The van der Waals surface area contributed by atoms with Gasteiger partial charge in [-0.3, -0.25) is 10.0 Å². The Hall–Kier alpha value is -1.93. The van der Waals surface area contributed by atoms with Gasteiger partial charge in [-0.1, -0.05) is 29.8 Å². The molecule has 2 N–H and O–H groups in total. The van der Waals surface area contributed by atoms with Gasteiger partial charge in [0, 0.05) is 17.1 Å². The first-order valence-electron chi connectivity index (χ1n) is 9.16. The molecule has 0 unspecified atom stereocenters. The predicted octanol–water partition coefficient (Wildman–Crippen LogP) is 2.94. The van der Waals surface area contributed by atoms with Gasteiger partial charge in [-0.25, -0.2) is 13.9 Å². The molecule has 3 rings (SSSR count). The number of hydrogen-bond donors (Lipinski definition) is 2. The summed E-state index contributed by atoms with van der Waals surface area (Å²) in [6, 6.07) is 13.4. The molecule has 6 nitrogen and oxygen atoms in total. The van der Waals surface area contributed by atoms with Crippen molar-refractivity contribution < 1.29 is 18.4 Å². The highest BCUT2D eigenvalue weighted by atomic mass is 35.5. The zero-order valence-electron chi connectivity index (χ0n) is 15.3. The first-order valence-corrected chi connectivity index (χ1v) is 11.1. The van der Waals surface area contributed by atoms with E-state index in [0.29, 0.717) is 12.8 Å². The van der Waals surface area contributed by atoms with E-state index in [0.717, 1.165) is 36.6 Å². The number of nitrogens with one attached hydrogen (secondary N) is 1. The molecular weight excluding hydrogens is 400 g/mol. The molecule has 1 heterocycles. The smallest absolute Gasteiger partial charge is 0.274 e. The maximum atomic E-state index is 12.9. The predicted molar refractivity (Wildman–Crippen MR) is 107 cm³/mol. The molecule has 8 heteroatoms. The molecule has 0 spiro atoms. The standard InChI is InChI=1S/C20H23ClN2O4S/c21-19-4-2-1-3-15(19)9-12-23-13-10-18(11-14-23)28(26,27)17-7-5-16(6-8-17)20(24)22-25/h1-8,18,25H,9-14H2,(H,22,24). The molecule has 150 valence electrons. The third-order valence-corrected chi connectivity index (χ3v) is 7.82. The molecule has 0 bridgehead atoms. The van der Waals surface area contributed by atoms with Gasteiger partial charge in [0.05, 0.1) is 10.1 Å². The topological polar surface area (TPSA) is 86.7 Å². The van der Waals surface area contributed by atoms with Gasteiger partial charge in [0.1, 0.15) is 0 Å². The summed E-state index contributed by atoms with van der Waals surface area (Å²) in [7, 11) is -3.45. The van der Waals surface area contributed by atoms with E-state index >= 15 is 0 Å². The summed E-state index contributed by atoms with van der Waals surface area (Å²) in [4.78, 5) is 13.8. The van der Waals surface area contributed by atoms with Crippen LogP contribution < -0.4 is 5.48 Å². The fourth-order valence-corrected chi connectivity index (χ4v) is 5.44. The van der Waals surface area contributed by atoms with Crippen molar-refractivity contribution in [3.05, 3.63) is 64.7 Å². The number of benzene rings is 2. The average Bonchev–Trinajstić information content (AvgIpc) is 2.73. The van der Waals surface area contributed by atoms with Crippen LogP contribution in [-0.4, -0.2) is 49.3 Å². The van der Waals surface area contributed by atoms with Crippen LogP contribution in [0.15, 0.2) is 53.4 Å². The van der Waals surface area contributed by atoms with Crippen LogP contribution in [0.5, 0.6) is 0 Å². The zero-order valence-corrected chi connectivity index (χ0v) is 16.9. The number of rotatable bonds is 6. The number of hydrogen-bond acceptors (Lipinski definition) is 5. The van der Waals surface area contributed by atoms with Crippen LogP contribution in [0.2, 0.25) is 5.02 Å². The van der Waals surface area contributed by atoms with Gasteiger partial charge >= 0.3 is 0 Å². The van der Waals surface area contributed by atoms with Crippen molar-refractivity contribution >= 4 is 27.3 Å². The van der Waals surface area contributed by atoms with Crippen LogP contribution in [0.4, 0.5) is 0 Å². The first-order chi connectivity index (χ1) is 13.4. The minimum absolute atomic E-state index is 0.204. The van der Waals surface area contributed by atoms with Crippen molar-refractivity contribution in [3.8, 4) is 0 Å². The second-order valence-corrected chi connectivity index (χ2v) is 9.53. The van der Waals surface area contributed by atoms with Gasteiger partial charge in [-0.2, -0.15) is 0 Å². The average molecular weight is 423 g/mol. The molecule has 1 aliphatic heterocycles. The quantitative estimate of drug-likeness (QED) is 0.552. The minimum atomic E-state index is -3.45. The van der Waals surface area contributed by atoms with Crippen LogP contribution in [0.25, 0.3) is 0 Å². The Labute approximate surface area is 170 Å². The summed E-state index contributed by atoms with van der Waals surface area (Å²) in [5, 5.41) is 8.98. The lowest BCUT2D eigenvalue weighted by Gasteiger charge is -2.31. The number of likely N-dealkylation sites (tertiary alicyclic amines) is 1. The first kappa shape index (κ1) is 20.8. The summed E-state index contributed by atoms with van der Waals surface area (Å²) in [6.45, 7) is 2.29. The Morgan fingerprint density at radius 3 is 2.36 bits per heavy atom. The number of halogens is 1. The van der Waals surface area contributed by atoms with Crippen LogP contribution in [0, 0.1) is 0 Å². The van der Waals surface area contributed by atoms with Gasteiger partial charge in [0.2, 0.25) is 0 Å². The Morgan fingerprint density at radius 2 is 1.75 bits per heavy atom. The molecule has 1 amide bonds. The molecule has 1 saturated heterocycles. The summed E-state index contributed by atoms with van der Waals surface area (Å²) < 4.78 is 25.8. The largest absolute Gasteiger partial charge is 0.303 e.